The van der Waals surface area contributed by atoms with Gasteiger partial charge >= 0.3 is 6.03 Å². The smallest absolute Gasteiger partial charge is 0.318 e. The highest BCUT2D eigenvalue weighted by molar-refractivity contribution is 5.88. The topological polar surface area (TPSA) is 82.6 Å². The lowest BCUT2D eigenvalue weighted by Gasteiger charge is -2.14. The first-order valence-electron chi connectivity index (χ1n) is 9.17. The fourth-order valence-corrected chi connectivity index (χ4v) is 2.52. The number of nitrogens with one attached hydrogen (secondary N) is 3. The van der Waals surface area contributed by atoms with Gasteiger partial charge in [0.2, 0.25) is 0 Å². The van der Waals surface area contributed by atoms with Crippen molar-refractivity contribution in [1.82, 2.24) is 10.6 Å². The molecular formula is C21H29N3O3. The zero-order valence-corrected chi connectivity index (χ0v) is 16.2. The lowest BCUT2D eigenvalue weighted by molar-refractivity contribution is 0.106. The number of hydrogen-bond acceptors (Lipinski definition) is 4. The fraction of sp³-hybridized carbons (Fsp3) is 0.381. The van der Waals surface area contributed by atoms with Gasteiger partial charge in [0, 0.05) is 25.8 Å². The molecule has 0 saturated heterocycles. The third-order valence-corrected chi connectivity index (χ3v) is 4.11. The molecule has 146 valence electrons. The third-order valence-electron chi connectivity index (χ3n) is 4.11. The van der Waals surface area contributed by atoms with Crippen LogP contribution in [0.5, 0.6) is 5.75 Å². The summed E-state index contributed by atoms with van der Waals surface area (Å²) >= 11 is 0. The Morgan fingerprint density at radius 2 is 1.89 bits per heavy atom. The van der Waals surface area contributed by atoms with Crippen LogP contribution in [-0.2, 0) is 6.54 Å². The summed E-state index contributed by atoms with van der Waals surface area (Å²) in [4.78, 5) is 11.2. The molecule has 2 aromatic rings. The lowest BCUT2D eigenvalue weighted by atomic mass is 10.0. The molecule has 4 N–H and O–H groups in total. The minimum Gasteiger partial charge on any atom is -0.491 e. The van der Waals surface area contributed by atoms with Crippen molar-refractivity contribution in [2.24, 2.45) is 0 Å². The molecule has 0 radical (unpaired) electrons. The SMILES string of the molecule is CNC(=O)Nc1ccc(OCC(O)CNCc2cccc(C(C)C)c2)cc1. The maximum atomic E-state index is 11.2. The number of anilines is 1. The number of urea groups is 1. The molecule has 0 aliphatic rings. The monoisotopic (exact) mass is 371 g/mol. The van der Waals surface area contributed by atoms with Crippen LogP contribution in [-0.4, -0.2) is 37.4 Å². The zero-order valence-electron chi connectivity index (χ0n) is 16.2. The van der Waals surface area contributed by atoms with Crippen LogP contribution >= 0.6 is 0 Å². The van der Waals surface area contributed by atoms with Gasteiger partial charge in [0.05, 0.1) is 0 Å². The van der Waals surface area contributed by atoms with E-state index < -0.39 is 6.10 Å². The average molecular weight is 371 g/mol. The van der Waals surface area contributed by atoms with E-state index in [0.717, 1.165) is 0 Å². The molecule has 0 saturated carbocycles. The molecule has 0 aromatic heterocycles. The standard InChI is InChI=1S/C21H29N3O3/c1-15(2)17-6-4-5-16(11-17)12-23-13-19(25)14-27-20-9-7-18(8-10-20)24-21(26)22-3/h4-11,15,19,23,25H,12-14H2,1-3H3,(H2,22,24,26). The number of benzene rings is 2. The maximum absolute atomic E-state index is 11.2. The first-order chi connectivity index (χ1) is 13.0. The number of hydrogen-bond donors (Lipinski definition) is 4. The van der Waals surface area contributed by atoms with E-state index >= 15 is 0 Å². The Bertz CT molecular complexity index is 717. The second-order valence-electron chi connectivity index (χ2n) is 6.72. The largest absolute Gasteiger partial charge is 0.491 e. The normalized spacial score (nSPS) is 11.9. The van der Waals surface area contributed by atoms with E-state index in [-0.39, 0.29) is 12.6 Å². The summed E-state index contributed by atoms with van der Waals surface area (Å²) < 4.78 is 5.59. The number of amides is 2. The number of aliphatic hydroxyl groups is 1. The summed E-state index contributed by atoms with van der Waals surface area (Å²) in [5.74, 6) is 1.14. The molecule has 27 heavy (non-hydrogen) atoms. The summed E-state index contributed by atoms with van der Waals surface area (Å²) in [6.45, 7) is 5.70. The van der Waals surface area contributed by atoms with E-state index in [4.69, 9.17) is 4.74 Å². The fourth-order valence-electron chi connectivity index (χ4n) is 2.52. The van der Waals surface area contributed by atoms with E-state index in [1.54, 1.807) is 31.3 Å². The Labute approximate surface area is 160 Å². The lowest BCUT2D eigenvalue weighted by Crippen LogP contribution is -2.31. The molecule has 0 spiro atoms. The Hall–Kier alpha value is -2.57. The minimum absolute atomic E-state index is 0.196. The zero-order chi connectivity index (χ0) is 19.6. The van der Waals surface area contributed by atoms with Gasteiger partial charge in [-0.05, 0) is 41.3 Å². The van der Waals surface area contributed by atoms with Crippen LogP contribution in [0.2, 0.25) is 0 Å². The third kappa shape index (κ3) is 7.29. The van der Waals surface area contributed by atoms with Gasteiger partial charge in [-0.1, -0.05) is 38.1 Å². The van der Waals surface area contributed by atoms with Crippen LogP contribution < -0.4 is 20.7 Å². The van der Waals surface area contributed by atoms with Crippen molar-refractivity contribution in [1.29, 1.82) is 0 Å². The molecule has 2 amide bonds. The van der Waals surface area contributed by atoms with Crippen molar-refractivity contribution < 1.29 is 14.6 Å². The first kappa shape index (κ1) is 20.7. The highest BCUT2D eigenvalue weighted by Gasteiger charge is 2.06. The molecule has 2 rings (SSSR count). The van der Waals surface area contributed by atoms with Gasteiger partial charge in [-0.15, -0.1) is 0 Å². The predicted molar refractivity (Wildman–Crippen MR) is 108 cm³/mol. The summed E-state index contributed by atoms with van der Waals surface area (Å²) in [6.07, 6.45) is -0.609. The van der Waals surface area contributed by atoms with Crippen LogP contribution in [0.1, 0.15) is 30.9 Å². The highest BCUT2D eigenvalue weighted by Crippen LogP contribution is 2.16. The number of rotatable bonds is 9. The molecule has 6 heteroatoms. The summed E-state index contributed by atoms with van der Waals surface area (Å²) in [5, 5.41) is 18.5. The van der Waals surface area contributed by atoms with Gasteiger partial charge in [0.15, 0.2) is 0 Å². The summed E-state index contributed by atoms with van der Waals surface area (Å²) in [7, 11) is 1.56. The van der Waals surface area contributed by atoms with E-state index in [1.165, 1.54) is 11.1 Å². The van der Waals surface area contributed by atoms with Crippen LogP contribution in [0.4, 0.5) is 10.5 Å². The van der Waals surface area contributed by atoms with Crippen molar-refractivity contribution in [2.45, 2.75) is 32.4 Å². The van der Waals surface area contributed by atoms with Crippen molar-refractivity contribution in [3.05, 3.63) is 59.7 Å². The summed E-state index contributed by atoms with van der Waals surface area (Å²) in [5.41, 5.74) is 3.19. The van der Waals surface area contributed by atoms with Crippen LogP contribution in [0.25, 0.3) is 0 Å². The Kier molecular flexibility index (Phi) is 8.10. The van der Waals surface area contributed by atoms with E-state index in [2.05, 4.69) is 54.1 Å². The summed E-state index contributed by atoms with van der Waals surface area (Å²) in [6, 6.07) is 15.2. The number of carbonyl (C=O) groups is 1. The van der Waals surface area contributed by atoms with Crippen molar-refractivity contribution in [3.63, 3.8) is 0 Å². The molecule has 0 heterocycles. The Morgan fingerprint density at radius 3 is 2.56 bits per heavy atom. The molecule has 1 unspecified atom stereocenters. The molecule has 0 fully saturated rings. The quantitative estimate of drug-likeness (QED) is 0.546. The van der Waals surface area contributed by atoms with Gasteiger partial charge in [-0.3, -0.25) is 0 Å². The van der Waals surface area contributed by atoms with E-state index in [0.29, 0.717) is 30.4 Å². The number of carbonyl (C=O) groups excluding carboxylic acids is 1. The predicted octanol–water partition coefficient (Wildman–Crippen LogP) is 3.09. The number of ether oxygens (including phenoxy) is 1. The van der Waals surface area contributed by atoms with Crippen molar-refractivity contribution >= 4 is 11.7 Å². The number of aliphatic hydroxyl groups excluding tert-OH is 1. The van der Waals surface area contributed by atoms with E-state index in [9.17, 15) is 9.90 Å². The van der Waals surface area contributed by atoms with Gasteiger partial charge in [0.1, 0.15) is 18.5 Å². The molecule has 0 aliphatic heterocycles. The first-order valence-corrected chi connectivity index (χ1v) is 9.17. The van der Waals surface area contributed by atoms with Gasteiger partial charge in [0.25, 0.3) is 0 Å². The molecule has 1 atom stereocenters. The van der Waals surface area contributed by atoms with Crippen LogP contribution in [0.15, 0.2) is 48.5 Å². The van der Waals surface area contributed by atoms with Gasteiger partial charge in [-0.25, -0.2) is 4.79 Å². The molecular weight excluding hydrogens is 342 g/mol. The molecule has 2 aromatic carbocycles. The van der Waals surface area contributed by atoms with Crippen LogP contribution in [0.3, 0.4) is 0 Å². The molecule has 0 bridgehead atoms. The van der Waals surface area contributed by atoms with Gasteiger partial charge < -0.3 is 25.8 Å². The highest BCUT2D eigenvalue weighted by atomic mass is 16.5. The second kappa shape index (κ2) is 10.5. The Morgan fingerprint density at radius 1 is 1.15 bits per heavy atom. The molecule has 6 nitrogen and oxygen atoms in total. The van der Waals surface area contributed by atoms with Crippen molar-refractivity contribution in [3.8, 4) is 5.75 Å². The van der Waals surface area contributed by atoms with Gasteiger partial charge in [-0.2, -0.15) is 0 Å². The average Bonchev–Trinajstić information content (AvgIpc) is 2.67. The van der Waals surface area contributed by atoms with Crippen LogP contribution in [0, 0.1) is 0 Å². The van der Waals surface area contributed by atoms with Crippen molar-refractivity contribution in [2.75, 3.05) is 25.5 Å². The maximum Gasteiger partial charge on any atom is 0.318 e. The Balaban J connectivity index is 1.71. The molecule has 0 aliphatic carbocycles. The second-order valence-corrected chi connectivity index (χ2v) is 6.72. The minimum atomic E-state index is -0.609. The van der Waals surface area contributed by atoms with E-state index in [1.807, 2.05) is 0 Å².